The molecule has 0 radical (unpaired) electrons. The maximum absolute atomic E-state index is 5.68. The molecule has 0 fully saturated rings. The lowest BCUT2D eigenvalue weighted by Gasteiger charge is -2.08. The van der Waals surface area contributed by atoms with Gasteiger partial charge in [0.25, 0.3) is 0 Å². The number of ether oxygens (including phenoxy) is 1. The van der Waals surface area contributed by atoms with E-state index in [0.717, 1.165) is 26.2 Å². The molecule has 5 nitrogen and oxygen atoms in total. The van der Waals surface area contributed by atoms with Crippen molar-refractivity contribution < 1.29 is 4.74 Å². The molecule has 1 aromatic heterocycles. The Labute approximate surface area is 96.4 Å². The lowest BCUT2D eigenvalue weighted by molar-refractivity contribution is 0.110. The topological polar surface area (TPSA) is 73.1 Å². The van der Waals surface area contributed by atoms with Crippen molar-refractivity contribution in [3.8, 4) is 0 Å². The number of hydrogen-bond acceptors (Lipinski definition) is 5. The Morgan fingerprint density at radius 2 is 2.31 bits per heavy atom. The van der Waals surface area contributed by atoms with Crippen LogP contribution in [-0.2, 0) is 4.74 Å². The SMILES string of the molecule is CC(C)COCCCNc1ncncc1N. The smallest absolute Gasteiger partial charge is 0.152 e. The summed E-state index contributed by atoms with van der Waals surface area (Å²) in [4.78, 5) is 7.86. The molecule has 1 rings (SSSR count). The Morgan fingerprint density at radius 1 is 1.50 bits per heavy atom. The normalized spacial score (nSPS) is 10.7. The maximum Gasteiger partial charge on any atom is 0.152 e. The third kappa shape index (κ3) is 4.93. The highest BCUT2D eigenvalue weighted by atomic mass is 16.5. The zero-order valence-corrected chi connectivity index (χ0v) is 9.94. The van der Waals surface area contributed by atoms with E-state index < -0.39 is 0 Å². The molecular weight excluding hydrogens is 204 g/mol. The number of hydrogen-bond donors (Lipinski definition) is 2. The molecular formula is C11H20N4O. The van der Waals surface area contributed by atoms with Gasteiger partial charge in [0.1, 0.15) is 6.33 Å². The first kappa shape index (κ1) is 12.7. The van der Waals surface area contributed by atoms with Crippen molar-refractivity contribution in [1.29, 1.82) is 0 Å². The summed E-state index contributed by atoms with van der Waals surface area (Å²) in [6, 6.07) is 0. The minimum atomic E-state index is 0.575. The fraction of sp³-hybridized carbons (Fsp3) is 0.636. The summed E-state index contributed by atoms with van der Waals surface area (Å²) in [7, 11) is 0. The van der Waals surface area contributed by atoms with Crippen LogP contribution in [0.5, 0.6) is 0 Å². The van der Waals surface area contributed by atoms with Gasteiger partial charge in [-0.2, -0.15) is 0 Å². The lowest BCUT2D eigenvalue weighted by atomic mass is 10.2. The highest BCUT2D eigenvalue weighted by Gasteiger charge is 1.98. The van der Waals surface area contributed by atoms with Crippen molar-refractivity contribution in [1.82, 2.24) is 9.97 Å². The zero-order valence-electron chi connectivity index (χ0n) is 9.94. The van der Waals surface area contributed by atoms with E-state index >= 15 is 0 Å². The summed E-state index contributed by atoms with van der Waals surface area (Å²) < 4.78 is 5.46. The van der Waals surface area contributed by atoms with E-state index in [-0.39, 0.29) is 0 Å². The highest BCUT2D eigenvalue weighted by molar-refractivity contribution is 5.58. The summed E-state index contributed by atoms with van der Waals surface area (Å²) >= 11 is 0. The number of nitrogens with one attached hydrogen (secondary N) is 1. The quantitative estimate of drug-likeness (QED) is 0.687. The van der Waals surface area contributed by atoms with Gasteiger partial charge in [-0.1, -0.05) is 13.8 Å². The molecule has 0 amide bonds. The van der Waals surface area contributed by atoms with Crippen molar-refractivity contribution in [3.63, 3.8) is 0 Å². The molecule has 1 heterocycles. The van der Waals surface area contributed by atoms with Crippen LogP contribution in [0.1, 0.15) is 20.3 Å². The highest BCUT2D eigenvalue weighted by Crippen LogP contribution is 2.10. The number of nitrogens with zero attached hydrogens (tertiary/aromatic N) is 2. The van der Waals surface area contributed by atoms with Crippen molar-refractivity contribution in [2.24, 2.45) is 5.92 Å². The first-order valence-electron chi connectivity index (χ1n) is 5.57. The van der Waals surface area contributed by atoms with Gasteiger partial charge in [-0.3, -0.25) is 0 Å². The Bertz CT molecular complexity index is 304. The molecule has 0 aliphatic heterocycles. The first-order chi connectivity index (χ1) is 7.70. The predicted molar refractivity (Wildman–Crippen MR) is 65.2 cm³/mol. The summed E-state index contributed by atoms with van der Waals surface area (Å²) in [5.74, 6) is 1.28. The largest absolute Gasteiger partial charge is 0.394 e. The Balaban J connectivity index is 2.10. The maximum atomic E-state index is 5.68. The molecule has 5 heteroatoms. The molecule has 0 bridgehead atoms. The number of nitrogens with two attached hydrogens (primary N) is 1. The van der Waals surface area contributed by atoms with E-state index in [0.29, 0.717) is 17.4 Å². The van der Waals surface area contributed by atoms with E-state index in [1.807, 2.05) is 0 Å². The van der Waals surface area contributed by atoms with Gasteiger partial charge in [0.15, 0.2) is 5.82 Å². The van der Waals surface area contributed by atoms with Crippen LogP contribution >= 0.6 is 0 Å². The number of anilines is 2. The molecule has 1 aromatic rings. The second-order valence-corrected chi connectivity index (χ2v) is 4.08. The first-order valence-corrected chi connectivity index (χ1v) is 5.57. The van der Waals surface area contributed by atoms with Crippen molar-refractivity contribution in [2.75, 3.05) is 30.8 Å². The second kappa shape index (κ2) is 7.00. The van der Waals surface area contributed by atoms with E-state index in [2.05, 4.69) is 29.1 Å². The standard InChI is InChI=1S/C11H20N4O/c1-9(2)7-16-5-3-4-14-11-10(12)6-13-8-15-11/h6,8-9H,3-5,7,12H2,1-2H3,(H,13,14,15). The van der Waals surface area contributed by atoms with Gasteiger partial charge in [-0.05, 0) is 12.3 Å². The van der Waals surface area contributed by atoms with Crippen molar-refractivity contribution in [2.45, 2.75) is 20.3 Å². The summed E-state index contributed by atoms with van der Waals surface area (Å²) in [5.41, 5.74) is 6.26. The van der Waals surface area contributed by atoms with Crippen LogP contribution in [0.3, 0.4) is 0 Å². The second-order valence-electron chi connectivity index (χ2n) is 4.08. The monoisotopic (exact) mass is 224 g/mol. The number of nitrogen functional groups attached to an aromatic ring is 1. The van der Waals surface area contributed by atoms with Gasteiger partial charge in [-0.15, -0.1) is 0 Å². The minimum absolute atomic E-state index is 0.575. The lowest BCUT2D eigenvalue weighted by Crippen LogP contribution is -2.10. The van der Waals surface area contributed by atoms with Crippen molar-refractivity contribution >= 4 is 11.5 Å². The van der Waals surface area contributed by atoms with Gasteiger partial charge >= 0.3 is 0 Å². The van der Waals surface area contributed by atoms with Crippen molar-refractivity contribution in [3.05, 3.63) is 12.5 Å². The summed E-state index contributed by atoms with van der Waals surface area (Å²) in [6.07, 6.45) is 4.01. The van der Waals surface area contributed by atoms with E-state index in [1.54, 1.807) is 6.20 Å². The minimum Gasteiger partial charge on any atom is -0.394 e. The average molecular weight is 224 g/mol. The van der Waals surface area contributed by atoms with Gasteiger partial charge in [-0.25, -0.2) is 9.97 Å². The predicted octanol–water partition coefficient (Wildman–Crippen LogP) is 1.53. The van der Waals surface area contributed by atoms with Crippen LogP contribution in [0.4, 0.5) is 11.5 Å². The molecule has 0 spiro atoms. The number of aromatic nitrogens is 2. The fourth-order valence-electron chi connectivity index (χ4n) is 1.19. The molecule has 0 aliphatic carbocycles. The van der Waals surface area contributed by atoms with Crippen LogP contribution in [0, 0.1) is 5.92 Å². The fourth-order valence-corrected chi connectivity index (χ4v) is 1.19. The molecule has 0 atom stereocenters. The van der Waals surface area contributed by atoms with Gasteiger partial charge < -0.3 is 15.8 Å². The van der Waals surface area contributed by atoms with E-state index in [4.69, 9.17) is 10.5 Å². The molecule has 0 unspecified atom stereocenters. The molecule has 0 aliphatic rings. The van der Waals surface area contributed by atoms with E-state index in [9.17, 15) is 0 Å². The summed E-state index contributed by atoms with van der Waals surface area (Å²) in [5, 5.41) is 3.14. The third-order valence-electron chi connectivity index (χ3n) is 1.95. The van der Waals surface area contributed by atoms with Crippen LogP contribution in [0.25, 0.3) is 0 Å². The van der Waals surface area contributed by atoms with Crippen LogP contribution < -0.4 is 11.1 Å². The molecule has 0 aromatic carbocycles. The zero-order chi connectivity index (χ0) is 11.8. The van der Waals surface area contributed by atoms with Gasteiger partial charge in [0.2, 0.25) is 0 Å². The molecule has 16 heavy (non-hydrogen) atoms. The molecule has 0 saturated carbocycles. The Morgan fingerprint density at radius 3 is 3.00 bits per heavy atom. The van der Waals surface area contributed by atoms with Crippen LogP contribution in [0.15, 0.2) is 12.5 Å². The molecule has 0 saturated heterocycles. The number of rotatable bonds is 7. The Hall–Kier alpha value is -1.36. The van der Waals surface area contributed by atoms with E-state index in [1.165, 1.54) is 6.33 Å². The van der Waals surface area contributed by atoms with Crippen LogP contribution in [0.2, 0.25) is 0 Å². The molecule has 90 valence electrons. The van der Waals surface area contributed by atoms with Gasteiger partial charge in [0.05, 0.1) is 11.9 Å². The van der Waals surface area contributed by atoms with Gasteiger partial charge in [0, 0.05) is 19.8 Å². The average Bonchev–Trinajstić information content (AvgIpc) is 2.25. The Kier molecular flexibility index (Phi) is 5.56. The summed E-state index contributed by atoms with van der Waals surface area (Å²) in [6.45, 7) is 6.66. The molecule has 3 N–H and O–H groups in total. The van der Waals surface area contributed by atoms with Crippen LogP contribution in [-0.4, -0.2) is 29.7 Å². The third-order valence-corrected chi connectivity index (χ3v) is 1.95.